The lowest BCUT2D eigenvalue weighted by Gasteiger charge is -2.17. The van der Waals surface area contributed by atoms with Crippen LogP contribution in [0.3, 0.4) is 0 Å². The molecule has 90 valence electrons. The number of methoxy groups -OCH3 is 1. The minimum atomic E-state index is -3.29. The molecule has 3 nitrogen and oxygen atoms in total. The lowest BCUT2D eigenvalue weighted by molar-refractivity contribution is 0.117. The van der Waals surface area contributed by atoms with Crippen molar-refractivity contribution >= 4 is 21.4 Å². The summed E-state index contributed by atoms with van der Waals surface area (Å²) in [5.74, 6) is 0. The van der Waals surface area contributed by atoms with E-state index < -0.39 is 9.84 Å². The Hall–Kier alpha value is -0.580. The number of rotatable bonds is 3. The molecular weight excluding hydrogens is 248 g/mol. The van der Waals surface area contributed by atoms with E-state index in [1.807, 2.05) is 6.92 Å². The van der Waals surface area contributed by atoms with Gasteiger partial charge in [-0.25, -0.2) is 8.42 Å². The van der Waals surface area contributed by atoms with Crippen molar-refractivity contribution in [2.75, 3.05) is 13.4 Å². The van der Waals surface area contributed by atoms with Crippen LogP contribution in [-0.4, -0.2) is 21.8 Å². The Kier molecular flexibility index (Phi) is 3.99. The predicted octanol–water partition coefficient (Wildman–Crippen LogP) is 2.76. The van der Waals surface area contributed by atoms with Crippen LogP contribution in [0.15, 0.2) is 17.0 Å². The van der Waals surface area contributed by atoms with Crippen molar-refractivity contribution in [2.24, 2.45) is 0 Å². The first-order valence-corrected chi connectivity index (χ1v) is 7.07. The first kappa shape index (κ1) is 13.5. The van der Waals surface area contributed by atoms with Gasteiger partial charge < -0.3 is 4.74 Å². The number of ether oxygens (including phenoxy) is 1. The van der Waals surface area contributed by atoms with E-state index in [1.54, 1.807) is 19.1 Å². The second-order valence-corrected chi connectivity index (χ2v) is 6.12. The zero-order valence-corrected chi connectivity index (χ0v) is 11.3. The normalized spacial score (nSPS) is 13.8. The van der Waals surface area contributed by atoms with Crippen molar-refractivity contribution in [3.8, 4) is 0 Å². The molecule has 1 rings (SSSR count). The van der Waals surface area contributed by atoms with E-state index in [4.69, 9.17) is 16.3 Å². The van der Waals surface area contributed by atoms with Gasteiger partial charge in [0, 0.05) is 18.9 Å². The maximum atomic E-state index is 11.6. The first-order valence-electron chi connectivity index (χ1n) is 4.81. The quantitative estimate of drug-likeness (QED) is 0.841. The largest absolute Gasteiger partial charge is 0.377 e. The van der Waals surface area contributed by atoms with Gasteiger partial charge in [-0.2, -0.15) is 0 Å². The van der Waals surface area contributed by atoms with Crippen molar-refractivity contribution in [3.05, 3.63) is 28.3 Å². The molecule has 0 spiro atoms. The molecule has 1 atom stereocenters. The number of hydrogen-bond acceptors (Lipinski definition) is 3. The zero-order chi connectivity index (χ0) is 12.5. The molecule has 0 aliphatic carbocycles. The van der Waals surface area contributed by atoms with Crippen LogP contribution in [0.25, 0.3) is 0 Å². The SMILES string of the molecule is COC(C)c1c(S(C)(=O)=O)ccc(C)c1Cl. The van der Waals surface area contributed by atoms with Crippen LogP contribution in [-0.2, 0) is 14.6 Å². The van der Waals surface area contributed by atoms with Gasteiger partial charge in [0.1, 0.15) is 0 Å². The lowest BCUT2D eigenvalue weighted by atomic mass is 10.1. The maximum Gasteiger partial charge on any atom is 0.175 e. The van der Waals surface area contributed by atoms with Crippen LogP contribution in [0.1, 0.15) is 24.2 Å². The Balaban J connectivity index is 3.58. The van der Waals surface area contributed by atoms with Crippen LogP contribution < -0.4 is 0 Å². The smallest absolute Gasteiger partial charge is 0.175 e. The predicted molar refractivity (Wildman–Crippen MR) is 64.7 cm³/mol. The van der Waals surface area contributed by atoms with Crippen molar-refractivity contribution in [1.82, 2.24) is 0 Å². The van der Waals surface area contributed by atoms with E-state index in [0.717, 1.165) is 5.56 Å². The van der Waals surface area contributed by atoms with Crippen molar-refractivity contribution in [1.29, 1.82) is 0 Å². The van der Waals surface area contributed by atoms with E-state index in [-0.39, 0.29) is 11.0 Å². The standard InChI is InChI=1S/C11H15ClO3S/c1-7-5-6-9(16(4,13)14)10(11(7)12)8(2)15-3/h5-6,8H,1-4H3. The van der Waals surface area contributed by atoms with E-state index in [2.05, 4.69) is 0 Å². The molecular formula is C11H15ClO3S. The van der Waals surface area contributed by atoms with Crippen molar-refractivity contribution in [3.63, 3.8) is 0 Å². The summed E-state index contributed by atoms with van der Waals surface area (Å²) in [4.78, 5) is 0.234. The number of halogens is 1. The van der Waals surface area contributed by atoms with Gasteiger partial charge in [0.15, 0.2) is 9.84 Å². The molecule has 0 radical (unpaired) electrons. The fourth-order valence-electron chi connectivity index (χ4n) is 1.50. The van der Waals surface area contributed by atoms with Crippen LogP contribution in [0.4, 0.5) is 0 Å². The van der Waals surface area contributed by atoms with Gasteiger partial charge in [0.05, 0.1) is 16.0 Å². The minimum absolute atomic E-state index is 0.234. The molecule has 1 unspecified atom stereocenters. The Labute approximate surface area is 101 Å². The second-order valence-electron chi connectivity index (χ2n) is 3.76. The fraction of sp³-hybridized carbons (Fsp3) is 0.455. The zero-order valence-electron chi connectivity index (χ0n) is 9.74. The van der Waals surface area contributed by atoms with E-state index >= 15 is 0 Å². The molecule has 0 aliphatic heterocycles. The molecule has 0 fully saturated rings. The molecule has 0 bridgehead atoms. The average molecular weight is 263 g/mol. The summed E-state index contributed by atoms with van der Waals surface area (Å²) >= 11 is 6.13. The highest BCUT2D eigenvalue weighted by atomic mass is 35.5. The summed E-state index contributed by atoms with van der Waals surface area (Å²) in [7, 11) is -1.77. The van der Waals surface area contributed by atoms with E-state index in [1.165, 1.54) is 13.4 Å². The van der Waals surface area contributed by atoms with Gasteiger partial charge in [-0.1, -0.05) is 17.7 Å². The molecule has 1 aromatic carbocycles. The number of aryl methyl sites for hydroxylation is 1. The third-order valence-corrected chi connectivity index (χ3v) is 4.15. The maximum absolute atomic E-state index is 11.6. The van der Waals surface area contributed by atoms with Gasteiger partial charge in [-0.15, -0.1) is 0 Å². The van der Waals surface area contributed by atoms with Crippen LogP contribution in [0, 0.1) is 6.92 Å². The average Bonchev–Trinajstić information content (AvgIpc) is 2.19. The molecule has 0 aromatic heterocycles. The van der Waals surface area contributed by atoms with Gasteiger partial charge in [-0.3, -0.25) is 0 Å². The molecule has 5 heteroatoms. The van der Waals surface area contributed by atoms with Crippen molar-refractivity contribution in [2.45, 2.75) is 24.8 Å². The molecule has 0 aliphatic rings. The molecule has 0 saturated carbocycles. The van der Waals surface area contributed by atoms with E-state index in [9.17, 15) is 8.42 Å². The highest BCUT2D eigenvalue weighted by molar-refractivity contribution is 7.90. The molecule has 0 saturated heterocycles. The van der Waals surface area contributed by atoms with Crippen LogP contribution in [0.2, 0.25) is 5.02 Å². The van der Waals surface area contributed by atoms with Gasteiger partial charge in [0.2, 0.25) is 0 Å². The summed E-state index contributed by atoms with van der Waals surface area (Å²) in [5.41, 5.74) is 1.37. The summed E-state index contributed by atoms with van der Waals surface area (Å²) in [6.45, 7) is 3.61. The third-order valence-electron chi connectivity index (χ3n) is 2.49. The minimum Gasteiger partial charge on any atom is -0.377 e. The Morgan fingerprint density at radius 1 is 1.38 bits per heavy atom. The molecule has 0 N–H and O–H groups in total. The summed E-state index contributed by atoms with van der Waals surface area (Å²) in [5, 5.41) is 0.456. The van der Waals surface area contributed by atoms with Crippen LogP contribution in [0.5, 0.6) is 0 Å². The molecule has 1 aromatic rings. The molecule has 0 amide bonds. The fourth-order valence-corrected chi connectivity index (χ4v) is 2.86. The summed E-state index contributed by atoms with van der Waals surface area (Å²) < 4.78 is 28.4. The Morgan fingerprint density at radius 2 is 1.94 bits per heavy atom. The summed E-state index contributed by atoms with van der Waals surface area (Å²) in [6, 6.07) is 3.27. The molecule has 16 heavy (non-hydrogen) atoms. The topological polar surface area (TPSA) is 43.4 Å². The van der Waals surface area contributed by atoms with Gasteiger partial charge in [-0.05, 0) is 25.5 Å². The lowest BCUT2D eigenvalue weighted by Crippen LogP contribution is -2.08. The number of hydrogen-bond donors (Lipinski definition) is 0. The Morgan fingerprint density at radius 3 is 2.38 bits per heavy atom. The molecule has 0 heterocycles. The first-order chi connectivity index (χ1) is 7.29. The van der Waals surface area contributed by atoms with Crippen LogP contribution >= 0.6 is 11.6 Å². The van der Waals surface area contributed by atoms with Gasteiger partial charge >= 0.3 is 0 Å². The van der Waals surface area contributed by atoms with Gasteiger partial charge in [0.25, 0.3) is 0 Å². The Bertz CT molecular complexity index is 494. The highest BCUT2D eigenvalue weighted by Gasteiger charge is 2.21. The van der Waals surface area contributed by atoms with Crippen molar-refractivity contribution < 1.29 is 13.2 Å². The summed E-state index contributed by atoms with van der Waals surface area (Å²) in [6.07, 6.45) is 0.817. The third kappa shape index (κ3) is 2.56. The number of sulfone groups is 1. The monoisotopic (exact) mass is 262 g/mol. The van der Waals surface area contributed by atoms with E-state index in [0.29, 0.717) is 10.6 Å². The second kappa shape index (κ2) is 4.73. The highest BCUT2D eigenvalue weighted by Crippen LogP contribution is 2.33. The number of benzene rings is 1.